The van der Waals surface area contributed by atoms with Gasteiger partial charge in [-0.15, -0.1) is 0 Å². The molecule has 1 N–H and O–H groups in total. The SMILES string of the molecule is COc1ccc(Cl)cc1S(=O)(=O)NCCn1c(-c2ccccc2)nc2cccnc21. The van der Waals surface area contributed by atoms with Crippen LogP contribution in [-0.2, 0) is 16.6 Å². The monoisotopic (exact) mass is 442 g/mol. The molecule has 0 radical (unpaired) electrons. The molecule has 0 fully saturated rings. The van der Waals surface area contributed by atoms with E-state index in [1.165, 1.54) is 19.2 Å². The second kappa shape index (κ2) is 8.43. The summed E-state index contributed by atoms with van der Waals surface area (Å²) in [6, 6.07) is 17.9. The maximum atomic E-state index is 12.8. The van der Waals surface area contributed by atoms with E-state index in [-0.39, 0.29) is 17.2 Å². The predicted octanol–water partition coefficient (Wildman–Crippen LogP) is 3.74. The molecule has 9 heteroatoms. The number of benzene rings is 2. The number of nitrogens with zero attached hydrogens (tertiary/aromatic N) is 3. The van der Waals surface area contributed by atoms with E-state index in [0.29, 0.717) is 17.2 Å². The lowest BCUT2D eigenvalue weighted by molar-refractivity contribution is 0.402. The summed E-state index contributed by atoms with van der Waals surface area (Å²) in [5.74, 6) is 0.954. The first-order chi connectivity index (χ1) is 14.5. The Balaban J connectivity index is 1.62. The minimum atomic E-state index is -3.82. The highest BCUT2D eigenvalue weighted by atomic mass is 35.5. The summed E-state index contributed by atoms with van der Waals surface area (Å²) in [5, 5.41) is 0.312. The molecule has 0 spiro atoms. The number of hydrogen-bond donors (Lipinski definition) is 1. The van der Waals surface area contributed by atoms with Crippen molar-refractivity contribution in [1.29, 1.82) is 0 Å². The summed E-state index contributed by atoms with van der Waals surface area (Å²) in [6.45, 7) is 0.486. The molecule has 0 saturated heterocycles. The molecule has 30 heavy (non-hydrogen) atoms. The maximum absolute atomic E-state index is 12.8. The molecule has 0 bridgehead atoms. The van der Waals surface area contributed by atoms with Crippen LogP contribution in [0.1, 0.15) is 0 Å². The summed E-state index contributed by atoms with van der Waals surface area (Å²) in [4.78, 5) is 9.10. The molecule has 0 aliphatic rings. The van der Waals surface area contributed by atoms with Crippen LogP contribution in [0.25, 0.3) is 22.6 Å². The summed E-state index contributed by atoms with van der Waals surface area (Å²) in [6.07, 6.45) is 1.69. The van der Waals surface area contributed by atoms with Crippen molar-refractivity contribution < 1.29 is 13.2 Å². The van der Waals surface area contributed by atoms with Gasteiger partial charge >= 0.3 is 0 Å². The number of ether oxygens (including phenoxy) is 1. The largest absolute Gasteiger partial charge is 0.495 e. The fourth-order valence-electron chi connectivity index (χ4n) is 3.21. The highest BCUT2D eigenvalue weighted by Crippen LogP contribution is 2.27. The Morgan fingerprint density at radius 1 is 1.10 bits per heavy atom. The standard InChI is InChI=1S/C21H19ClN4O3S/c1-29-18-10-9-16(22)14-19(18)30(27,28)24-12-13-26-20(15-6-3-2-4-7-15)25-17-8-5-11-23-21(17)26/h2-11,14,24H,12-13H2,1H3. The van der Waals surface area contributed by atoms with E-state index in [4.69, 9.17) is 16.3 Å². The van der Waals surface area contributed by atoms with Crippen LogP contribution in [0.15, 0.2) is 71.8 Å². The predicted molar refractivity (Wildman–Crippen MR) is 116 cm³/mol. The molecule has 2 heterocycles. The Morgan fingerprint density at radius 2 is 1.90 bits per heavy atom. The molecule has 0 aliphatic carbocycles. The molecule has 0 atom stereocenters. The van der Waals surface area contributed by atoms with E-state index in [2.05, 4.69) is 14.7 Å². The van der Waals surface area contributed by atoms with Gasteiger partial charge in [0.2, 0.25) is 10.0 Å². The van der Waals surface area contributed by atoms with Crippen molar-refractivity contribution >= 4 is 32.8 Å². The van der Waals surface area contributed by atoms with Crippen LogP contribution >= 0.6 is 11.6 Å². The molecule has 0 aliphatic heterocycles. The molecular weight excluding hydrogens is 424 g/mol. The van der Waals surface area contributed by atoms with E-state index in [9.17, 15) is 8.42 Å². The third-order valence-corrected chi connectivity index (χ3v) is 6.30. The molecule has 4 aromatic rings. The average molecular weight is 443 g/mol. The van der Waals surface area contributed by atoms with Gasteiger partial charge in [-0.05, 0) is 30.3 Å². The van der Waals surface area contributed by atoms with Crippen molar-refractivity contribution in [3.63, 3.8) is 0 Å². The van der Waals surface area contributed by atoms with Gasteiger partial charge in [0.1, 0.15) is 22.0 Å². The Bertz CT molecular complexity index is 1290. The zero-order chi connectivity index (χ0) is 21.1. The number of methoxy groups -OCH3 is 1. The van der Waals surface area contributed by atoms with E-state index < -0.39 is 10.0 Å². The fourth-order valence-corrected chi connectivity index (χ4v) is 4.66. The number of aromatic nitrogens is 3. The van der Waals surface area contributed by atoms with Gasteiger partial charge in [0.15, 0.2) is 5.65 Å². The van der Waals surface area contributed by atoms with E-state index in [1.807, 2.05) is 47.0 Å². The Morgan fingerprint density at radius 3 is 2.67 bits per heavy atom. The molecule has 154 valence electrons. The molecule has 0 unspecified atom stereocenters. The minimum Gasteiger partial charge on any atom is -0.495 e. The third-order valence-electron chi connectivity index (χ3n) is 4.58. The van der Waals surface area contributed by atoms with Gasteiger partial charge in [0.25, 0.3) is 0 Å². The summed E-state index contributed by atoms with van der Waals surface area (Å²) >= 11 is 5.98. The number of pyridine rings is 1. The van der Waals surface area contributed by atoms with Crippen molar-refractivity contribution in [3.8, 4) is 17.1 Å². The van der Waals surface area contributed by atoms with Gasteiger partial charge in [0, 0.05) is 29.9 Å². The van der Waals surface area contributed by atoms with Gasteiger partial charge in [-0.2, -0.15) is 0 Å². The zero-order valence-corrected chi connectivity index (χ0v) is 17.7. The first-order valence-corrected chi connectivity index (χ1v) is 11.1. The lowest BCUT2D eigenvalue weighted by atomic mass is 10.2. The molecule has 7 nitrogen and oxygen atoms in total. The van der Waals surface area contributed by atoms with Gasteiger partial charge in [0.05, 0.1) is 7.11 Å². The van der Waals surface area contributed by atoms with Gasteiger partial charge in [-0.25, -0.2) is 23.1 Å². The van der Waals surface area contributed by atoms with Gasteiger partial charge in [-0.1, -0.05) is 41.9 Å². The second-order valence-electron chi connectivity index (χ2n) is 6.49. The molecule has 0 saturated carbocycles. The van der Waals surface area contributed by atoms with Crippen LogP contribution in [-0.4, -0.2) is 36.6 Å². The molecule has 2 aromatic heterocycles. The van der Waals surface area contributed by atoms with Crippen molar-refractivity contribution in [3.05, 3.63) is 71.9 Å². The highest BCUT2D eigenvalue weighted by molar-refractivity contribution is 7.89. The summed E-state index contributed by atoms with van der Waals surface area (Å²) in [5.41, 5.74) is 2.36. The third kappa shape index (κ3) is 4.02. The van der Waals surface area contributed by atoms with E-state index in [0.717, 1.165) is 16.9 Å². The molecule has 0 amide bonds. The van der Waals surface area contributed by atoms with Gasteiger partial charge in [-0.3, -0.25) is 0 Å². The second-order valence-corrected chi connectivity index (χ2v) is 8.66. The van der Waals surface area contributed by atoms with Crippen LogP contribution < -0.4 is 9.46 Å². The number of imidazole rings is 1. The van der Waals surface area contributed by atoms with Crippen LogP contribution in [0.4, 0.5) is 0 Å². The topological polar surface area (TPSA) is 86.1 Å². The van der Waals surface area contributed by atoms with Crippen LogP contribution in [0.3, 0.4) is 0 Å². The van der Waals surface area contributed by atoms with Crippen molar-refractivity contribution in [2.75, 3.05) is 13.7 Å². The maximum Gasteiger partial charge on any atom is 0.244 e. The highest BCUT2D eigenvalue weighted by Gasteiger charge is 2.20. The van der Waals surface area contributed by atoms with Crippen molar-refractivity contribution in [2.24, 2.45) is 0 Å². The fraction of sp³-hybridized carbons (Fsp3) is 0.143. The van der Waals surface area contributed by atoms with Crippen molar-refractivity contribution in [1.82, 2.24) is 19.3 Å². The van der Waals surface area contributed by atoms with E-state index in [1.54, 1.807) is 12.3 Å². The number of fused-ring (bicyclic) bond motifs is 1. The molecular formula is C21H19ClN4O3S. The quantitative estimate of drug-likeness (QED) is 0.471. The van der Waals surface area contributed by atoms with Crippen LogP contribution in [0.2, 0.25) is 5.02 Å². The molecule has 2 aromatic carbocycles. The lowest BCUT2D eigenvalue weighted by Gasteiger charge is -2.13. The zero-order valence-electron chi connectivity index (χ0n) is 16.1. The number of nitrogens with one attached hydrogen (secondary N) is 1. The lowest BCUT2D eigenvalue weighted by Crippen LogP contribution is -2.28. The first-order valence-electron chi connectivity index (χ1n) is 9.19. The molecule has 4 rings (SSSR count). The van der Waals surface area contributed by atoms with E-state index >= 15 is 0 Å². The van der Waals surface area contributed by atoms with Gasteiger partial charge < -0.3 is 9.30 Å². The first kappa shape index (κ1) is 20.3. The number of halogens is 1. The smallest absolute Gasteiger partial charge is 0.244 e. The number of rotatable bonds is 7. The van der Waals surface area contributed by atoms with Crippen molar-refractivity contribution in [2.45, 2.75) is 11.4 Å². The normalized spacial score (nSPS) is 11.7. The van der Waals surface area contributed by atoms with Crippen LogP contribution in [0.5, 0.6) is 5.75 Å². The summed E-state index contributed by atoms with van der Waals surface area (Å²) < 4.78 is 35.3. The van der Waals surface area contributed by atoms with Crippen LogP contribution in [0, 0.1) is 0 Å². The Hall–Kier alpha value is -2.94. The summed E-state index contributed by atoms with van der Waals surface area (Å²) in [7, 11) is -2.41. The number of sulfonamides is 1. The Kier molecular flexibility index (Phi) is 5.72. The Labute approximate surface area is 179 Å². The number of hydrogen-bond acceptors (Lipinski definition) is 5. The average Bonchev–Trinajstić information content (AvgIpc) is 3.13. The minimum absolute atomic E-state index is 0.00519.